The smallest absolute Gasteiger partial charge is 0.332 e. The number of carboxylic acid groups (broad SMARTS) is 1. The van der Waals surface area contributed by atoms with Crippen molar-refractivity contribution < 1.29 is 19.4 Å². The summed E-state index contributed by atoms with van der Waals surface area (Å²) in [5.41, 5.74) is 0.938. The Morgan fingerprint density at radius 3 is 2.64 bits per heavy atom. The molecule has 5 nitrogen and oxygen atoms in total. The fourth-order valence-electron chi connectivity index (χ4n) is 2.57. The summed E-state index contributed by atoms with van der Waals surface area (Å²) in [6.07, 6.45) is 3.05. The monoisotopic (exact) mass is 321 g/mol. The Morgan fingerprint density at radius 2 is 2.05 bits per heavy atom. The predicted octanol–water partition coefficient (Wildman–Crippen LogP) is 2.62. The maximum atomic E-state index is 12.5. The summed E-state index contributed by atoms with van der Waals surface area (Å²) in [7, 11) is 0. The number of hydrogen-bond donors (Lipinski definition) is 1. The van der Waals surface area contributed by atoms with Gasteiger partial charge in [0.15, 0.2) is 5.76 Å². The lowest BCUT2D eigenvalue weighted by atomic mass is 10.0. The van der Waals surface area contributed by atoms with Gasteiger partial charge in [0, 0.05) is 11.6 Å². The Kier molecular flexibility index (Phi) is 4.07. The van der Waals surface area contributed by atoms with E-state index in [0.717, 1.165) is 24.5 Å². The number of morpholine rings is 1. The van der Waals surface area contributed by atoms with Crippen molar-refractivity contribution in [3.05, 3.63) is 46.7 Å². The van der Waals surface area contributed by atoms with Crippen molar-refractivity contribution in [1.82, 2.24) is 4.90 Å². The number of carbonyl (C=O) groups is 2. The number of halogens is 1. The molecular formula is C16H16ClNO4. The van der Waals surface area contributed by atoms with Gasteiger partial charge in [-0.3, -0.25) is 4.79 Å². The maximum Gasteiger partial charge on any atom is 0.332 e. The summed E-state index contributed by atoms with van der Waals surface area (Å²) in [5, 5.41) is 9.47. The number of rotatable bonds is 4. The van der Waals surface area contributed by atoms with Crippen molar-refractivity contribution in [2.75, 3.05) is 13.2 Å². The number of carboxylic acids is 1. The van der Waals surface area contributed by atoms with Crippen LogP contribution in [0.15, 0.2) is 36.1 Å². The van der Waals surface area contributed by atoms with Crippen LogP contribution in [-0.4, -0.2) is 35.0 Å². The third-order valence-electron chi connectivity index (χ3n) is 3.91. The van der Waals surface area contributed by atoms with E-state index in [0.29, 0.717) is 17.5 Å². The van der Waals surface area contributed by atoms with Crippen LogP contribution < -0.4 is 0 Å². The van der Waals surface area contributed by atoms with Gasteiger partial charge in [-0.25, -0.2) is 4.79 Å². The fourth-order valence-corrected chi connectivity index (χ4v) is 2.69. The number of amides is 1. The number of nitrogens with zero attached hydrogens (tertiary/aromatic N) is 1. The van der Waals surface area contributed by atoms with Crippen molar-refractivity contribution >= 4 is 23.5 Å². The first-order chi connectivity index (χ1) is 10.5. The van der Waals surface area contributed by atoms with Gasteiger partial charge in [-0.1, -0.05) is 23.7 Å². The van der Waals surface area contributed by atoms with Crippen LogP contribution in [0, 0.1) is 5.92 Å². The highest BCUT2D eigenvalue weighted by atomic mass is 35.5. The van der Waals surface area contributed by atoms with Crippen LogP contribution in [0.2, 0.25) is 5.02 Å². The topological polar surface area (TPSA) is 66.8 Å². The van der Waals surface area contributed by atoms with E-state index in [4.69, 9.17) is 21.4 Å². The van der Waals surface area contributed by atoms with Crippen molar-refractivity contribution in [3.63, 3.8) is 0 Å². The highest BCUT2D eigenvalue weighted by Crippen LogP contribution is 2.36. The second kappa shape index (κ2) is 6.01. The van der Waals surface area contributed by atoms with Crippen LogP contribution in [0.25, 0.3) is 0 Å². The van der Waals surface area contributed by atoms with Gasteiger partial charge >= 0.3 is 5.97 Å². The second-order valence-corrected chi connectivity index (χ2v) is 6.06. The number of ether oxygens (including phenoxy) is 1. The van der Waals surface area contributed by atoms with Gasteiger partial charge in [0.05, 0.1) is 12.1 Å². The third-order valence-corrected chi connectivity index (χ3v) is 4.16. The molecule has 1 aromatic carbocycles. The van der Waals surface area contributed by atoms with Crippen molar-refractivity contribution in [2.45, 2.75) is 18.9 Å². The van der Waals surface area contributed by atoms with Crippen LogP contribution >= 0.6 is 11.6 Å². The molecule has 1 unspecified atom stereocenters. The van der Waals surface area contributed by atoms with Gasteiger partial charge in [0.25, 0.3) is 5.91 Å². The molecule has 0 bridgehead atoms. The van der Waals surface area contributed by atoms with Crippen LogP contribution in [0.1, 0.15) is 24.4 Å². The largest absolute Gasteiger partial charge is 0.485 e. The van der Waals surface area contributed by atoms with Crippen molar-refractivity contribution in [2.24, 2.45) is 5.92 Å². The summed E-state index contributed by atoms with van der Waals surface area (Å²) in [6, 6.07) is 7.08. The second-order valence-electron chi connectivity index (χ2n) is 5.63. The lowest BCUT2D eigenvalue weighted by Gasteiger charge is -2.37. The van der Waals surface area contributed by atoms with Crippen LogP contribution in [0.3, 0.4) is 0 Å². The zero-order valence-electron chi connectivity index (χ0n) is 11.9. The first kappa shape index (κ1) is 14.9. The van der Waals surface area contributed by atoms with Crippen LogP contribution in [0.4, 0.5) is 0 Å². The Labute approximate surface area is 133 Å². The van der Waals surface area contributed by atoms with Gasteiger partial charge < -0.3 is 14.7 Å². The minimum absolute atomic E-state index is 0.0987. The lowest BCUT2D eigenvalue weighted by Crippen LogP contribution is -2.44. The number of carbonyl (C=O) groups excluding carboxylic acids is 1. The molecule has 0 aromatic heterocycles. The normalized spacial score (nSPS) is 23.5. The molecule has 2 fully saturated rings. The highest BCUT2D eigenvalue weighted by molar-refractivity contribution is 6.30. The summed E-state index contributed by atoms with van der Waals surface area (Å²) in [5.74, 6) is -1.14. The molecule has 1 heterocycles. The molecule has 116 valence electrons. The van der Waals surface area contributed by atoms with E-state index in [1.807, 2.05) is 12.1 Å². The number of hydrogen-bond acceptors (Lipinski definition) is 3. The molecule has 1 aliphatic carbocycles. The molecule has 0 spiro atoms. The maximum absolute atomic E-state index is 12.5. The molecule has 1 saturated heterocycles. The SMILES string of the molecule is O=C(O)/C=C1/OCC(c2ccc(Cl)cc2)N(CC2CC2)C1=O. The van der Waals surface area contributed by atoms with Crippen LogP contribution in [-0.2, 0) is 14.3 Å². The summed E-state index contributed by atoms with van der Waals surface area (Å²) in [6.45, 7) is 0.881. The molecule has 1 aromatic rings. The summed E-state index contributed by atoms with van der Waals surface area (Å²) >= 11 is 5.90. The number of aliphatic carboxylic acids is 1. The average Bonchev–Trinajstić information content (AvgIpc) is 3.28. The minimum Gasteiger partial charge on any atom is -0.485 e. The Morgan fingerprint density at radius 1 is 1.36 bits per heavy atom. The van der Waals surface area contributed by atoms with E-state index in [1.165, 1.54) is 0 Å². The molecular weight excluding hydrogens is 306 g/mol. The van der Waals surface area contributed by atoms with Gasteiger partial charge in [0.2, 0.25) is 0 Å². The van der Waals surface area contributed by atoms with E-state index in [1.54, 1.807) is 17.0 Å². The minimum atomic E-state index is -1.18. The van der Waals surface area contributed by atoms with Gasteiger partial charge in [0.1, 0.15) is 6.61 Å². The molecule has 2 aliphatic rings. The van der Waals surface area contributed by atoms with E-state index >= 15 is 0 Å². The number of benzene rings is 1. The fraction of sp³-hybridized carbons (Fsp3) is 0.375. The molecule has 1 N–H and O–H groups in total. The van der Waals surface area contributed by atoms with Crippen molar-refractivity contribution in [1.29, 1.82) is 0 Å². The Bertz CT molecular complexity index is 622. The van der Waals surface area contributed by atoms with Gasteiger partial charge in [-0.2, -0.15) is 0 Å². The van der Waals surface area contributed by atoms with E-state index < -0.39 is 5.97 Å². The highest BCUT2D eigenvalue weighted by Gasteiger charge is 2.37. The molecule has 1 aliphatic heterocycles. The van der Waals surface area contributed by atoms with E-state index in [9.17, 15) is 9.59 Å². The molecule has 3 rings (SSSR count). The quantitative estimate of drug-likeness (QED) is 0.866. The Hall–Kier alpha value is -2.01. The van der Waals surface area contributed by atoms with E-state index in [-0.39, 0.29) is 24.3 Å². The first-order valence-electron chi connectivity index (χ1n) is 7.18. The predicted molar refractivity (Wildman–Crippen MR) is 80.3 cm³/mol. The van der Waals surface area contributed by atoms with Gasteiger partial charge in [-0.15, -0.1) is 0 Å². The van der Waals surface area contributed by atoms with Crippen molar-refractivity contribution in [3.8, 4) is 0 Å². The standard InChI is InChI=1S/C16H16ClNO4/c17-12-5-3-11(4-6-12)13-9-22-14(7-15(19)20)16(21)18(13)8-10-1-2-10/h3-7,10,13H,1-2,8-9H2,(H,19,20)/b14-7+. The molecule has 22 heavy (non-hydrogen) atoms. The average molecular weight is 322 g/mol. The molecule has 1 amide bonds. The third kappa shape index (κ3) is 3.25. The zero-order chi connectivity index (χ0) is 15.7. The van der Waals surface area contributed by atoms with E-state index in [2.05, 4.69) is 0 Å². The lowest BCUT2D eigenvalue weighted by molar-refractivity contribution is -0.142. The summed E-state index contributed by atoms with van der Waals surface area (Å²) < 4.78 is 5.39. The molecule has 1 saturated carbocycles. The Balaban J connectivity index is 1.87. The van der Waals surface area contributed by atoms with Gasteiger partial charge in [-0.05, 0) is 36.5 Å². The first-order valence-corrected chi connectivity index (χ1v) is 7.56. The van der Waals surface area contributed by atoms with Crippen LogP contribution in [0.5, 0.6) is 0 Å². The zero-order valence-corrected chi connectivity index (χ0v) is 12.6. The molecule has 6 heteroatoms. The molecule has 1 atom stereocenters. The molecule has 0 radical (unpaired) electrons. The summed E-state index contributed by atoms with van der Waals surface area (Å²) in [4.78, 5) is 25.0.